The number of nitriles is 1. The first-order valence-corrected chi connectivity index (χ1v) is 11.3. The molecule has 0 fully saturated rings. The van der Waals surface area contributed by atoms with E-state index < -0.39 is 17.7 Å². The molecule has 2 atom stereocenters. The monoisotopic (exact) mass is 466 g/mol. The van der Waals surface area contributed by atoms with Crippen molar-refractivity contribution < 1.29 is 14.3 Å². The van der Waals surface area contributed by atoms with E-state index in [9.17, 15) is 14.3 Å². The first-order chi connectivity index (χ1) is 16.0. The van der Waals surface area contributed by atoms with E-state index in [1.54, 1.807) is 22.9 Å². The lowest BCUT2D eigenvalue weighted by atomic mass is 10.0. The zero-order valence-electron chi connectivity index (χ0n) is 20.1. The smallest absolute Gasteiger partial charge is 0.255 e. The van der Waals surface area contributed by atoms with Gasteiger partial charge in [0, 0.05) is 36.1 Å². The predicted octanol–water partition coefficient (Wildman–Crippen LogP) is 3.98. The summed E-state index contributed by atoms with van der Waals surface area (Å²) in [6.45, 7) is 8.66. The van der Waals surface area contributed by atoms with Gasteiger partial charge in [0.2, 0.25) is 0 Å². The minimum atomic E-state index is -1.62. The third kappa shape index (κ3) is 5.88. The Kier molecular flexibility index (Phi) is 7.52. The Balaban J connectivity index is 1.95. The Morgan fingerprint density at radius 2 is 2.00 bits per heavy atom. The van der Waals surface area contributed by atoms with Gasteiger partial charge < -0.3 is 15.7 Å². The number of carbonyl (C=O) groups excluding carboxylic acids is 1. The molecule has 0 spiro atoms. The summed E-state index contributed by atoms with van der Waals surface area (Å²) in [6.07, 6.45) is 4.02. The fraction of sp³-hybridized carbons (Fsp3) is 0.440. The molecule has 0 saturated heterocycles. The Morgan fingerprint density at radius 1 is 1.26 bits per heavy atom. The standard InChI is InChI=1S/C25H31FN6O2/c1-15(2)8-16(3)31-20-10-22(32-7-6-18-9-17(11-27)12-29-23(18)32)28-13-19(20)24(33)30-14-21(26)25(4,5)34/h6-7,9-10,12-13,15-16,21,34H,8,14H2,1-5H3,(H,28,31)(H,30,33)/t16?,21-/m1/s1. The number of amides is 1. The van der Waals surface area contributed by atoms with Gasteiger partial charge in [0.05, 0.1) is 29.0 Å². The highest BCUT2D eigenvalue weighted by molar-refractivity contribution is 5.99. The highest BCUT2D eigenvalue weighted by atomic mass is 19.1. The summed E-state index contributed by atoms with van der Waals surface area (Å²) >= 11 is 0. The van der Waals surface area contributed by atoms with Crippen molar-refractivity contribution in [2.24, 2.45) is 5.92 Å². The molecule has 1 unspecified atom stereocenters. The molecule has 0 aliphatic carbocycles. The molecule has 180 valence electrons. The number of aromatic nitrogens is 3. The van der Waals surface area contributed by atoms with E-state index in [1.807, 2.05) is 13.0 Å². The third-order valence-corrected chi connectivity index (χ3v) is 5.47. The molecular formula is C25H31FN6O2. The maximum atomic E-state index is 14.2. The summed E-state index contributed by atoms with van der Waals surface area (Å²) < 4.78 is 15.9. The van der Waals surface area contributed by atoms with Gasteiger partial charge in [-0.1, -0.05) is 13.8 Å². The number of carbonyl (C=O) groups is 1. The Hall–Kier alpha value is -3.51. The van der Waals surface area contributed by atoms with E-state index in [4.69, 9.17) is 5.26 Å². The topological polar surface area (TPSA) is 116 Å². The molecule has 0 aliphatic heterocycles. The van der Waals surface area contributed by atoms with E-state index in [0.717, 1.165) is 11.8 Å². The summed E-state index contributed by atoms with van der Waals surface area (Å²) in [7, 11) is 0. The number of rotatable bonds is 9. The maximum absolute atomic E-state index is 14.2. The summed E-state index contributed by atoms with van der Waals surface area (Å²) in [6, 6.07) is 7.51. The number of hydrogen-bond acceptors (Lipinski definition) is 6. The minimum absolute atomic E-state index is 0.0739. The van der Waals surface area contributed by atoms with Crippen molar-refractivity contribution in [2.45, 2.75) is 58.9 Å². The van der Waals surface area contributed by atoms with Crippen LogP contribution in [0, 0.1) is 17.2 Å². The largest absolute Gasteiger partial charge is 0.387 e. The van der Waals surface area contributed by atoms with Crippen molar-refractivity contribution in [3.63, 3.8) is 0 Å². The number of hydrogen-bond donors (Lipinski definition) is 3. The van der Waals surface area contributed by atoms with Crippen LogP contribution < -0.4 is 10.6 Å². The SMILES string of the molecule is CC(C)CC(C)Nc1cc(-n2ccc3cc(C#N)cnc32)ncc1C(=O)NC[C@@H](F)C(C)(C)O. The second-order valence-corrected chi connectivity index (χ2v) is 9.53. The van der Waals surface area contributed by atoms with Gasteiger partial charge >= 0.3 is 0 Å². The molecule has 3 rings (SSSR count). The summed E-state index contributed by atoms with van der Waals surface area (Å²) in [5, 5.41) is 25.7. The fourth-order valence-electron chi connectivity index (χ4n) is 3.71. The van der Waals surface area contributed by atoms with Crippen molar-refractivity contribution in [1.82, 2.24) is 19.9 Å². The maximum Gasteiger partial charge on any atom is 0.255 e. The van der Waals surface area contributed by atoms with Gasteiger partial charge in [-0.05, 0) is 45.2 Å². The number of halogens is 1. The molecule has 1 amide bonds. The van der Waals surface area contributed by atoms with Gasteiger partial charge in [0.1, 0.15) is 23.7 Å². The summed E-state index contributed by atoms with van der Waals surface area (Å²) in [4.78, 5) is 21.7. The van der Waals surface area contributed by atoms with E-state index in [0.29, 0.717) is 28.6 Å². The van der Waals surface area contributed by atoms with Gasteiger partial charge in [-0.3, -0.25) is 9.36 Å². The number of anilines is 1. The molecule has 3 heterocycles. The van der Waals surface area contributed by atoms with Crippen LogP contribution in [-0.2, 0) is 0 Å². The highest BCUT2D eigenvalue weighted by Crippen LogP contribution is 2.24. The van der Waals surface area contributed by atoms with Crippen LogP contribution in [0.1, 0.15) is 57.0 Å². The molecule has 3 aromatic heterocycles. The van der Waals surface area contributed by atoms with Gasteiger partial charge in [-0.2, -0.15) is 5.26 Å². The lowest BCUT2D eigenvalue weighted by molar-refractivity contribution is -0.00177. The Labute approximate surface area is 198 Å². The minimum Gasteiger partial charge on any atom is -0.387 e. The van der Waals surface area contributed by atoms with E-state index in [-0.39, 0.29) is 18.2 Å². The molecule has 34 heavy (non-hydrogen) atoms. The number of fused-ring (bicyclic) bond motifs is 1. The number of nitrogens with zero attached hydrogens (tertiary/aromatic N) is 4. The van der Waals surface area contributed by atoms with Crippen LogP contribution in [-0.4, -0.2) is 49.9 Å². The molecule has 3 aromatic rings. The first kappa shape index (κ1) is 25.1. The van der Waals surface area contributed by atoms with Crippen LogP contribution in [0.15, 0.2) is 36.8 Å². The molecule has 0 bridgehead atoms. The van der Waals surface area contributed by atoms with Gasteiger partial charge in [0.25, 0.3) is 5.91 Å². The third-order valence-electron chi connectivity index (χ3n) is 5.47. The van der Waals surface area contributed by atoms with E-state index >= 15 is 0 Å². The number of pyridine rings is 2. The van der Waals surface area contributed by atoms with Crippen LogP contribution in [0.25, 0.3) is 16.9 Å². The molecule has 0 aromatic carbocycles. The number of alkyl halides is 1. The van der Waals surface area contributed by atoms with E-state index in [2.05, 4.69) is 40.5 Å². The molecule has 3 N–H and O–H groups in total. The fourth-order valence-corrected chi connectivity index (χ4v) is 3.71. The summed E-state index contributed by atoms with van der Waals surface area (Å²) in [5.41, 5.74) is 0.377. The first-order valence-electron chi connectivity index (χ1n) is 11.3. The van der Waals surface area contributed by atoms with Crippen molar-refractivity contribution >= 4 is 22.6 Å². The van der Waals surface area contributed by atoms with Crippen LogP contribution in [0.3, 0.4) is 0 Å². The van der Waals surface area contributed by atoms with Gasteiger partial charge in [0.15, 0.2) is 0 Å². The summed E-state index contributed by atoms with van der Waals surface area (Å²) in [5.74, 6) is 0.509. The second-order valence-electron chi connectivity index (χ2n) is 9.53. The molecular weight excluding hydrogens is 435 g/mol. The normalized spacial score (nSPS) is 13.5. The zero-order chi connectivity index (χ0) is 25.0. The van der Waals surface area contributed by atoms with Crippen molar-refractivity contribution in [3.05, 3.63) is 47.9 Å². The number of nitrogens with one attached hydrogen (secondary N) is 2. The lowest BCUT2D eigenvalue weighted by Crippen LogP contribution is -2.42. The molecule has 0 aliphatic rings. The van der Waals surface area contributed by atoms with Crippen LogP contribution in [0.4, 0.5) is 10.1 Å². The van der Waals surface area contributed by atoms with E-state index in [1.165, 1.54) is 26.2 Å². The van der Waals surface area contributed by atoms with Gasteiger partial charge in [-0.15, -0.1) is 0 Å². The van der Waals surface area contributed by atoms with Crippen molar-refractivity contribution in [2.75, 3.05) is 11.9 Å². The van der Waals surface area contributed by atoms with Crippen LogP contribution in [0.2, 0.25) is 0 Å². The van der Waals surface area contributed by atoms with Gasteiger partial charge in [-0.25, -0.2) is 14.4 Å². The second kappa shape index (κ2) is 10.2. The molecule has 8 nitrogen and oxygen atoms in total. The number of aliphatic hydroxyl groups is 1. The molecule has 9 heteroatoms. The Morgan fingerprint density at radius 3 is 2.65 bits per heavy atom. The van der Waals surface area contributed by atoms with Crippen molar-refractivity contribution in [3.8, 4) is 11.9 Å². The predicted molar refractivity (Wildman–Crippen MR) is 130 cm³/mol. The van der Waals surface area contributed by atoms with Crippen molar-refractivity contribution in [1.29, 1.82) is 5.26 Å². The van der Waals surface area contributed by atoms with Crippen LogP contribution >= 0.6 is 0 Å². The average molecular weight is 467 g/mol. The highest BCUT2D eigenvalue weighted by Gasteiger charge is 2.27. The quantitative estimate of drug-likeness (QED) is 0.439. The molecule has 0 saturated carbocycles. The lowest BCUT2D eigenvalue weighted by Gasteiger charge is -2.23. The molecule has 0 radical (unpaired) electrons. The average Bonchev–Trinajstić information content (AvgIpc) is 3.19. The van der Waals surface area contributed by atoms with Crippen LogP contribution in [0.5, 0.6) is 0 Å². The zero-order valence-corrected chi connectivity index (χ0v) is 20.1. The Bertz CT molecular complexity index is 1210.